The van der Waals surface area contributed by atoms with E-state index in [1.165, 1.54) is 5.69 Å². The molecule has 146 valence electrons. The zero-order chi connectivity index (χ0) is 19.1. The van der Waals surface area contributed by atoms with Crippen molar-refractivity contribution in [2.24, 2.45) is 0 Å². The molecule has 1 saturated heterocycles. The maximum atomic E-state index is 12.4. The van der Waals surface area contributed by atoms with Crippen molar-refractivity contribution < 1.29 is 11.0 Å². The monoisotopic (exact) mass is 369 g/mol. The number of unbranched alkanes of at least 4 members (excludes halogenated alkanes) is 1. The Hall–Kier alpha value is -2.53. The van der Waals surface area contributed by atoms with Gasteiger partial charge in [-0.2, -0.15) is 0 Å². The molecule has 1 fully saturated rings. The molecule has 1 aliphatic heterocycles. The maximum Gasteiger partial charge on any atom is 0.255 e. The Morgan fingerprint density at radius 3 is 2.56 bits per heavy atom. The second kappa shape index (κ2) is 9.42. The van der Waals surface area contributed by atoms with Crippen molar-refractivity contribution in [3.05, 3.63) is 54.1 Å². The molecule has 5 nitrogen and oxygen atoms in total. The van der Waals surface area contributed by atoms with Crippen LogP contribution in [-0.4, -0.2) is 38.7 Å². The zero-order valence-corrected chi connectivity index (χ0v) is 16.2. The molecule has 0 bridgehead atoms. The third kappa shape index (κ3) is 5.23. The van der Waals surface area contributed by atoms with Crippen LogP contribution in [0.1, 0.15) is 38.0 Å². The first kappa shape index (κ1) is 19.2. The van der Waals surface area contributed by atoms with Crippen LogP contribution >= 0.6 is 0 Å². The van der Waals surface area contributed by atoms with E-state index in [0.29, 0.717) is 18.2 Å². The fourth-order valence-corrected chi connectivity index (χ4v) is 3.23. The van der Waals surface area contributed by atoms with Gasteiger partial charge in [-0.1, -0.05) is 13.3 Å². The molecule has 2 aromatic carbocycles. The Morgan fingerprint density at radius 2 is 1.93 bits per heavy atom. The first-order chi connectivity index (χ1) is 13.2. The molecule has 0 aromatic heterocycles. The summed E-state index contributed by atoms with van der Waals surface area (Å²) in [5, 5.41) is 6.29. The molecule has 0 spiro atoms. The number of nitrogens with one attached hydrogen (secondary N) is 2. The number of hydrogen-bond acceptors (Lipinski definition) is 4. The third-order valence-corrected chi connectivity index (χ3v) is 4.97. The first-order valence-corrected chi connectivity index (χ1v) is 9.76. The molecule has 2 N–H and O–H groups in total. The number of anilines is 2. The second-order valence-corrected chi connectivity index (χ2v) is 6.95. The van der Waals surface area contributed by atoms with Gasteiger partial charge in [0.1, 0.15) is 5.75 Å². The number of ether oxygens (including phenoxy) is 1. The minimum absolute atomic E-state index is 0. The van der Waals surface area contributed by atoms with E-state index in [0.717, 1.165) is 43.8 Å². The van der Waals surface area contributed by atoms with Crippen molar-refractivity contribution in [2.45, 2.75) is 32.2 Å². The summed E-state index contributed by atoms with van der Waals surface area (Å²) >= 11 is 0. The molecule has 0 aliphatic carbocycles. The van der Waals surface area contributed by atoms with Crippen LogP contribution in [0.5, 0.6) is 5.75 Å². The van der Waals surface area contributed by atoms with E-state index < -0.39 is 0 Å². The average molecular weight is 370 g/mol. The van der Waals surface area contributed by atoms with Crippen molar-refractivity contribution in [1.82, 2.24) is 5.32 Å². The van der Waals surface area contributed by atoms with Crippen LogP contribution in [0.3, 0.4) is 0 Å². The average Bonchev–Trinajstić information content (AvgIpc) is 3.18. The summed E-state index contributed by atoms with van der Waals surface area (Å²) < 4.78 is 5.64. The Morgan fingerprint density at radius 1 is 1.19 bits per heavy atom. The highest BCUT2D eigenvalue weighted by atomic mass is 16.5. The van der Waals surface area contributed by atoms with Crippen LogP contribution < -0.4 is 20.3 Å². The normalized spacial score (nSPS) is 16.4. The van der Waals surface area contributed by atoms with Crippen molar-refractivity contribution in [3.63, 3.8) is 0 Å². The SMILES string of the molecule is CCCCOc1ccc(C(=O)Nc2ccc(N3CCC(NC)C3)cc2)cc1.[HH]. The minimum Gasteiger partial charge on any atom is -0.494 e. The van der Waals surface area contributed by atoms with Gasteiger partial charge in [-0.15, -0.1) is 0 Å². The van der Waals surface area contributed by atoms with Crippen molar-refractivity contribution >= 4 is 17.3 Å². The quantitative estimate of drug-likeness (QED) is 0.686. The predicted octanol–water partition coefficient (Wildman–Crippen LogP) is 4.16. The Kier molecular flexibility index (Phi) is 6.71. The van der Waals surface area contributed by atoms with E-state index in [4.69, 9.17) is 4.74 Å². The van der Waals surface area contributed by atoms with E-state index in [2.05, 4.69) is 34.6 Å². The van der Waals surface area contributed by atoms with Gasteiger partial charge in [0.15, 0.2) is 0 Å². The fourth-order valence-electron chi connectivity index (χ4n) is 3.23. The highest BCUT2D eigenvalue weighted by Gasteiger charge is 2.20. The Balaban J connectivity index is 0.00000280. The summed E-state index contributed by atoms with van der Waals surface area (Å²) in [6.07, 6.45) is 3.30. The number of benzene rings is 2. The highest BCUT2D eigenvalue weighted by molar-refractivity contribution is 6.04. The van der Waals surface area contributed by atoms with Gasteiger partial charge in [-0.25, -0.2) is 0 Å². The third-order valence-electron chi connectivity index (χ3n) is 4.97. The molecule has 2 aromatic rings. The molecule has 5 heteroatoms. The topological polar surface area (TPSA) is 53.6 Å². The molecular weight excluding hydrogens is 338 g/mol. The molecule has 0 radical (unpaired) electrons. The van der Waals surface area contributed by atoms with Crippen LogP contribution in [0.15, 0.2) is 48.5 Å². The molecule has 1 unspecified atom stereocenters. The number of rotatable bonds is 8. The molecule has 1 aliphatic rings. The molecule has 1 amide bonds. The van der Waals surface area contributed by atoms with E-state index in [-0.39, 0.29) is 7.33 Å². The van der Waals surface area contributed by atoms with Crippen LogP contribution in [0.2, 0.25) is 0 Å². The largest absolute Gasteiger partial charge is 0.494 e. The molecule has 1 atom stereocenters. The lowest BCUT2D eigenvalue weighted by Gasteiger charge is -2.19. The zero-order valence-electron chi connectivity index (χ0n) is 16.2. The number of amides is 1. The van der Waals surface area contributed by atoms with Crippen LogP contribution in [0, 0.1) is 0 Å². The van der Waals surface area contributed by atoms with Crippen LogP contribution in [0.25, 0.3) is 0 Å². The van der Waals surface area contributed by atoms with E-state index in [1.807, 2.05) is 31.3 Å². The summed E-state index contributed by atoms with van der Waals surface area (Å²) in [5.41, 5.74) is 2.62. The summed E-state index contributed by atoms with van der Waals surface area (Å²) in [5.74, 6) is 0.689. The van der Waals surface area contributed by atoms with Gasteiger partial charge in [0.05, 0.1) is 6.61 Å². The van der Waals surface area contributed by atoms with E-state index in [9.17, 15) is 4.79 Å². The molecule has 27 heavy (non-hydrogen) atoms. The van der Waals surface area contributed by atoms with Gasteiger partial charge in [-0.3, -0.25) is 4.79 Å². The number of hydrogen-bond donors (Lipinski definition) is 2. The van der Waals surface area contributed by atoms with E-state index in [1.54, 1.807) is 12.1 Å². The van der Waals surface area contributed by atoms with Crippen molar-refractivity contribution in [2.75, 3.05) is 37.0 Å². The number of carbonyl (C=O) groups excluding carboxylic acids is 1. The molecule has 0 saturated carbocycles. The molecule has 3 rings (SSSR count). The standard InChI is InChI=1S/C22H29N3O2.H2/c1-3-4-15-27-21-11-5-17(6-12-21)22(26)24-18-7-9-20(10-8-18)25-14-13-19(16-25)23-2;/h5-12,19,23H,3-4,13-16H2,1-2H3,(H,24,26);1H. The second-order valence-electron chi connectivity index (χ2n) is 6.95. The molecular formula is C22H31N3O2. The minimum atomic E-state index is -0.112. The number of carbonyl (C=O) groups is 1. The first-order valence-electron chi connectivity index (χ1n) is 9.76. The number of likely N-dealkylation sites (N-methyl/N-ethyl adjacent to an activating group) is 1. The predicted molar refractivity (Wildman–Crippen MR) is 113 cm³/mol. The van der Waals surface area contributed by atoms with Crippen molar-refractivity contribution in [1.29, 1.82) is 0 Å². The summed E-state index contributed by atoms with van der Waals surface area (Å²) in [7, 11) is 2.01. The van der Waals surface area contributed by atoms with Gasteiger partial charge in [-0.05, 0) is 68.4 Å². The van der Waals surface area contributed by atoms with Crippen molar-refractivity contribution in [3.8, 4) is 5.75 Å². The van der Waals surface area contributed by atoms with Gasteiger partial charge in [0.2, 0.25) is 0 Å². The summed E-state index contributed by atoms with van der Waals surface area (Å²) in [6.45, 7) is 4.92. The van der Waals surface area contributed by atoms with Crippen LogP contribution in [-0.2, 0) is 0 Å². The van der Waals surface area contributed by atoms with Gasteiger partial charge >= 0.3 is 0 Å². The van der Waals surface area contributed by atoms with Gasteiger partial charge < -0.3 is 20.3 Å². The highest BCUT2D eigenvalue weighted by Crippen LogP contribution is 2.23. The van der Waals surface area contributed by atoms with Crippen LogP contribution in [0.4, 0.5) is 11.4 Å². The fraction of sp³-hybridized carbons (Fsp3) is 0.409. The smallest absolute Gasteiger partial charge is 0.255 e. The summed E-state index contributed by atoms with van der Waals surface area (Å²) in [6, 6.07) is 15.9. The lowest BCUT2D eigenvalue weighted by atomic mass is 10.2. The Labute approximate surface area is 163 Å². The lowest BCUT2D eigenvalue weighted by Crippen LogP contribution is -2.29. The van der Waals surface area contributed by atoms with Gasteiger partial charge in [0, 0.05) is 37.5 Å². The van der Waals surface area contributed by atoms with Gasteiger partial charge in [0.25, 0.3) is 5.91 Å². The van der Waals surface area contributed by atoms with E-state index >= 15 is 0 Å². The Bertz CT molecular complexity index is 734. The number of nitrogens with zero attached hydrogens (tertiary/aromatic N) is 1. The maximum absolute atomic E-state index is 12.4. The molecule has 1 heterocycles. The lowest BCUT2D eigenvalue weighted by molar-refractivity contribution is 0.102. The summed E-state index contributed by atoms with van der Waals surface area (Å²) in [4.78, 5) is 14.8.